The van der Waals surface area contributed by atoms with E-state index in [1.54, 1.807) is 18.4 Å². The van der Waals surface area contributed by atoms with Gasteiger partial charge in [0.2, 0.25) is 0 Å². The summed E-state index contributed by atoms with van der Waals surface area (Å²) in [6, 6.07) is 3.44. The van der Waals surface area contributed by atoms with Crippen molar-refractivity contribution in [1.82, 2.24) is 9.55 Å². The third-order valence-corrected chi connectivity index (χ3v) is 7.16. The molecule has 3 aromatic rings. The van der Waals surface area contributed by atoms with Gasteiger partial charge in [0.25, 0.3) is 5.56 Å². The molecule has 2 aliphatic heterocycles. The minimum atomic E-state index is -0.896. The molecule has 6 rings (SSSR count). The largest absolute Gasteiger partial charge is 0.460 e. The average molecular weight is 404 g/mol. The molecular weight excluding hydrogens is 383 g/mol. The van der Waals surface area contributed by atoms with E-state index in [0.717, 1.165) is 41.5 Å². The van der Waals surface area contributed by atoms with Crippen LogP contribution in [0.3, 0.4) is 0 Å². The van der Waals surface area contributed by atoms with Crippen LogP contribution in [0.4, 0.5) is 4.39 Å². The number of rotatable bonds is 0. The maximum absolute atomic E-state index is 14.6. The highest BCUT2D eigenvalue weighted by Gasteiger charge is 2.41. The molecule has 2 aromatic heterocycles. The predicted octanol–water partition coefficient (Wildman–Crippen LogP) is 3.70. The summed E-state index contributed by atoms with van der Waals surface area (Å²) in [5, 5.41) is 1.06. The second-order valence-electron chi connectivity index (χ2n) is 9.14. The van der Waals surface area contributed by atoms with Crippen LogP contribution in [0.2, 0.25) is 0 Å². The fourth-order valence-corrected chi connectivity index (χ4v) is 5.43. The normalized spacial score (nSPS) is 18.1. The van der Waals surface area contributed by atoms with E-state index >= 15 is 0 Å². The van der Waals surface area contributed by atoms with Gasteiger partial charge in [-0.25, -0.2) is 9.37 Å². The molecule has 6 heteroatoms. The summed E-state index contributed by atoms with van der Waals surface area (Å²) in [6.45, 7) is 5.85. The van der Waals surface area contributed by atoms with Gasteiger partial charge in [0.15, 0.2) is 0 Å². The molecule has 152 valence electrons. The van der Waals surface area contributed by atoms with Gasteiger partial charge in [0.05, 0.1) is 34.4 Å². The van der Waals surface area contributed by atoms with Crippen LogP contribution in [0.25, 0.3) is 22.3 Å². The third kappa shape index (κ3) is 2.04. The Hall–Kier alpha value is -3.02. The van der Waals surface area contributed by atoms with Gasteiger partial charge in [-0.3, -0.25) is 9.59 Å². The number of benzene rings is 1. The van der Waals surface area contributed by atoms with Crippen molar-refractivity contribution in [3.05, 3.63) is 61.7 Å². The number of cyclic esters (lactones) is 1. The topological polar surface area (TPSA) is 61.2 Å². The summed E-state index contributed by atoms with van der Waals surface area (Å²) < 4.78 is 21.6. The van der Waals surface area contributed by atoms with Gasteiger partial charge in [-0.15, -0.1) is 0 Å². The molecule has 0 bridgehead atoms. The van der Waals surface area contributed by atoms with Crippen molar-refractivity contribution in [3.8, 4) is 11.4 Å². The fraction of sp³-hybridized carbons (Fsp3) is 0.375. The van der Waals surface area contributed by atoms with Crippen molar-refractivity contribution in [3.63, 3.8) is 0 Å². The molecule has 1 aromatic carbocycles. The number of fused-ring (bicyclic) bond motifs is 5. The van der Waals surface area contributed by atoms with Crippen LogP contribution in [-0.4, -0.2) is 15.5 Å². The van der Waals surface area contributed by atoms with E-state index in [9.17, 15) is 14.0 Å². The number of aryl methyl sites for hydroxylation is 2. The summed E-state index contributed by atoms with van der Waals surface area (Å²) in [4.78, 5) is 30.5. The van der Waals surface area contributed by atoms with Gasteiger partial charge in [-0.05, 0) is 68.4 Å². The zero-order valence-corrected chi connectivity index (χ0v) is 17.2. The lowest BCUT2D eigenvalue weighted by molar-refractivity contribution is -0.152. The number of nitrogens with zero attached hydrogens (tertiary/aromatic N) is 2. The van der Waals surface area contributed by atoms with Crippen LogP contribution in [0.15, 0.2) is 16.9 Å². The molecule has 0 N–H and O–H groups in total. The summed E-state index contributed by atoms with van der Waals surface area (Å²) >= 11 is 0. The molecule has 30 heavy (non-hydrogen) atoms. The molecular formula is C24H21FN2O3. The molecule has 0 spiro atoms. The smallest absolute Gasteiger partial charge is 0.316 e. The lowest BCUT2D eigenvalue weighted by Crippen LogP contribution is -2.40. The Morgan fingerprint density at radius 2 is 1.87 bits per heavy atom. The molecule has 1 aliphatic carbocycles. The van der Waals surface area contributed by atoms with Crippen molar-refractivity contribution in [2.45, 2.75) is 58.6 Å². The Morgan fingerprint density at radius 3 is 2.67 bits per heavy atom. The first-order valence-corrected chi connectivity index (χ1v) is 10.4. The van der Waals surface area contributed by atoms with Crippen molar-refractivity contribution in [1.29, 1.82) is 0 Å². The van der Waals surface area contributed by atoms with Crippen LogP contribution in [0.5, 0.6) is 0 Å². The minimum Gasteiger partial charge on any atom is -0.460 e. The molecule has 0 unspecified atom stereocenters. The van der Waals surface area contributed by atoms with Crippen molar-refractivity contribution in [2.75, 3.05) is 0 Å². The van der Waals surface area contributed by atoms with E-state index in [1.165, 1.54) is 11.6 Å². The zero-order valence-electron chi connectivity index (χ0n) is 17.2. The second kappa shape index (κ2) is 5.56. The molecule has 0 atom stereocenters. The Morgan fingerprint density at radius 1 is 1.10 bits per heavy atom. The average Bonchev–Trinajstić information content (AvgIpc) is 3.09. The first-order valence-electron chi connectivity index (χ1n) is 10.4. The molecule has 5 nitrogen and oxygen atoms in total. The van der Waals surface area contributed by atoms with Crippen LogP contribution in [0, 0.1) is 12.7 Å². The number of carbonyl (C=O) groups excluding carboxylic acids is 1. The van der Waals surface area contributed by atoms with Crippen LogP contribution >= 0.6 is 0 Å². The van der Waals surface area contributed by atoms with E-state index in [4.69, 9.17) is 9.72 Å². The van der Waals surface area contributed by atoms with Gasteiger partial charge < -0.3 is 9.30 Å². The highest BCUT2D eigenvalue weighted by atomic mass is 19.1. The highest BCUT2D eigenvalue weighted by Crippen LogP contribution is 2.42. The Balaban J connectivity index is 1.69. The van der Waals surface area contributed by atoms with Crippen LogP contribution in [0.1, 0.15) is 53.6 Å². The van der Waals surface area contributed by atoms with Crippen LogP contribution < -0.4 is 5.56 Å². The monoisotopic (exact) mass is 404 g/mol. The van der Waals surface area contributed by atoms with E-state index in [1.807, 2.05) is 13.0 Å². The quantitative estimate of drug-likeness (QED) is 0.420. The Bertz CT molecular complexity index is 1380. The molecule has 0 saturated heterocycles. The first-order chi connectivity index (χ1) is 14.3. The Labute approximate surface area is 172 Å². The van der Waals surface area contributed by atoms with Gasteiger partial charge in [0.1, 0.15) is 12.4 Å². The van der Waals surface area contributed by atoms with Gasteiger partial charge in [0, 0.05) is 17.0 Å². The standard InChI is InChI=1S/C24H21FN2O3/c1-11-12-5-4-6-13-14-9-27-19(21(14)26-18(20(12)13)8-17(11)25)7-16-15(22(27)28)10-30-23(29)24(16,2)3/h7-8H,4-6,9-10H2,1-3H3. The molecule has 0 amide bonds. The summed E-state index contributed by atoms with van der Waals surface area (Å²) in [6.07, 6.45) is 2.71. The molecule has 0 radical (unpaired) electrons. The first kappa shape index (κ1) is 17.8. The van der Waals surface area contributed by atoms with E-state index in [0.29, 0.717) is 34.4 Å². The maximum Gasteiger partial charge on any atom is 0.316 e. The number of pyridine rings is 2. The van der Waals surface area contributed by atoms with Gasteiger partial charge >= 0.3 is 5.97 Å². The maximum atomic E-state index is 14.6. The number of carbonyl (C=O) groups is 1. The zero-order chi connectivity index (χ0) is 20.9. The Kier molecular flexibility index (Phi) is 3.30. The summed E-state index contributed by atoms with van der Waals surface area (Å²) in [5.74, 6) is -0.566. The number of halogens is 1. The highest BCUT2D eigenvalue weighted by molar-refractivity contribution is 5.92. The lowest BCUT2D eigenvalue weighted by Gasteiger charge is -2.30. The predicted molar refractivity (Wildman–Crippen MR) is 110 cm³/mol. The van der Waals surface area contributed by atoms with E-state index in [-0.39, 0.29) is 24.0 Å². The van der Waals surface area contributed by atoms with Crippen molar-refractivity contribution >= 4 is 16.9 Å². The van der Waals surface area contributed by atoms with Crippen LogP contribution in [-0.2, 0) is 40.9 Å². The fourth-order valence-electron chi connectivity index (χ4n) is 5.43. The van der Waals surface area contributed by atoms with Gasteiger partial charge in [-0.1, -0.05) is 0 Å². The van der Waals surface area contributed by atoms with Crippen molar-refractivity contribution < 1.29 is 13.9 Å². The third-order valence-electron chi connectivity index (χ3n) is 7.16. The van der Waals surface area contributed by atoms with E-state index in [2.05, 4.69) is 0 Å². The lowest BCUT2D eigenvalue weighted by atomic mass is 9.80. The minimum absolute atomic E-state index is 0.00384. The summed E-state index contributed by atoms with van der Waals surface area (Å²) in [7, 11) is 0. The number of hydrogen-bond donors (Lipinski definition) is 0. The molecule has 4 heterocycles. The summed E-state index contributed by atoms with van der Waals surface area (Å²) in [5.41, 5.74) is 6.31. The molecule has 3 aliphatic rings. The van der Waals surface area contributed by atoms with Gasteiger partial charge in [-0.2, -0.15) is 0 Å². The number of esters is 1. The van der Waals surface area contributed by atoms with E-state index < -0.39 is 5.41 Å². The number of aromatic nitrogens is 2. The molecule has 0 fully saturated rings. The van der Waals surface area contributed by atoms with Crippen molar-refractivity contribution in [2.24, 2.45) is 0 Å². The number of ether oxygens (including phenoxy) is 1. The molecule has 0 saturated carbocycles. The SMILES string of the molecule is Cc1c(F)cc2nc3c(c4c2c1CCC4)Cn1c-3cc2c(c1=O)COC(=O)C2(C)C. The number of hydrogen-bond acceptors (Lipinski definition) is 4. The second-order valence-corrected chi connectivity index (χ2v) is 9.14.